The molecule has 0 spiro atoms. The number of benzene rings is 3. The monoisotopic (exact) mass is 486 g/mol. The van der Waals surface area contributed by atoms with Crippen LogP contribution < -0.4 is 0 Å². The molecule has 5 nitrogen and oxygen atoms in total. The third-order valence-electron chi connectivity index (χ3n) is 6.53. The highest BCUT2D eigenvalue weighted by Crippen LogP contribution is 2.44. The molecule has 3 aromatic rings. The number of ether oxygens (including phenoxy) is 1. The smallest absolute Gasteiger partial charge is 0.344 e. The van der Waals surface area contributed by atoms with Crippen LogP contribution in [0.1, 0.15) is 46.8 Å². The van der Waals surface area contributed by atoms with Crippen LogP contribution in [-0.4, -0.2) is 29.2 Å². The Morgan fingerprint density at radius 3 is 2.31 bits per heavy atom. The molecule has 0 radical (unpaired) electrons. The zero-order chi connectivity index (χ0) is 25.1. The van der Waals surface area contributed by atoms with Crippen LogP contribution in [0.4, 0.5) is 8.78 Å². The van der Waals surface area contributed by atoms with E-state index in [-0.39, 0.29) is 12.0 Å². The molecule has 0 bridgehead atoms. The summed E-state index contributed by atoms with van der Waals surface area (Å²) >= 11 is 0. The number of hydrogen-bond acceptors (Lipinski definition) is 4. The molecule has 1 heterocycles. The second kappa shape index (κ2) is 10.2. The van der Waals surface area contributed by atoms with E-state index in [1.807, 2.05) is 60.7 Å². The van der Waals surface area contributed by atoms with Gasteiger partial charge in [-0.25, -0.2) is 18.6 Å². The second-order valence-electron chi connectivity index (χ2n) is 8.83. The van der Waals surface area contributed by atoms with Crippen LogP contribution in [0.5, 0.6) is 0 Å². The molecule has 3 aromatic carbocycles. The lowest BCUT2D eigenvalue weighted by molar-refractivity contribution is -0.137. The van der Waals surface area contributed by atoms with E-state index >= 15 is 0 Å². The number of amides is 1. The Balaban J connectivity index is 1.43. The van der Waals surface area contributed by atoms with E-state index in [0.29, 0.717) is 0 Å². The van der Waals surface area contributed by atoms with Crippen LogP contribution in [-0.2, 0) is 9.53 Å². The number of halogens is 2. The molecule has 1 aliphatic heterocycles. The molecule has 2 aliphatic rings. The molecule has 5 rings (SSSR count). The molecule has 0 aromatic heterocycles. The number of hydrazone groups is 1. The van der Waals surface area contributed by atoms with E-state index in [1.54, 1.807) is 0 Å². The highest BCUT2D eigenvalue weighted by atomic mass is 19.1. The minimum absolute atomic E-state index is 0.0141. The zero-order valence-corrected chi connectivity index (χ0v) is 19.4. The van der Waals surface area contributed by atoms with Gasteiger partial charge in [0.25, 0.3) is 5.91 Å². The van der Waals surface area contributed by atoms with Crippen molar-refractivity contribution in [2.45, 2.75) is 25.3 Å². The number of esters is 1. The van der Waals surface area contributed by atoms with Crippen molar-refractivity contribution < 1.29 is 23.1 Å². The van der Waals surface area contributed by atoms with Gasteiger partial charge < -0.3 is 4.74 Å². The molecule has 182 valence electrons. The number of carbonyl (C=O) groups is 2. The lowest BCUT2D eigenvalue weighted by Crippen LogP contribution is -2.34. The van der Waals surface area contributed by atoms with E-state index in [2.05, 4.69) is 6.08 Å². The minimum Gasteiger partial charge on any atom is -0.452 e. The normalized spacial score (nSPS) is 20.1. The Labute approximate surface area is 207 Å². The van der Waals surface area contributed by atoms with Crippen LogP contribution in [0.25, 0.3) is 6.08 Å². The summed E-state index contributed by atoms with van der Waals surface area (Å²) in [7, 11) is 0. The Hall–Kier alpha value is -4.13. The van der Waals surface area contributed by atoms with Crippen molar-refractivity contribution in [1.29, 1.82) is 0 Å². The average molecular weight is 487 g/mol. The van der Waals surface area contributed by atoms with Crippen molar-refractivity contribution in [3.05, 3.63) is 113 Å². The molecule has 0 saturated heterocycles. The fourth-order valence-electron chi connectivity index (χ4n) is 4.90. The Morgan fingerprint density at radius 1 is 0.944 bits per heavy atom. The van der Waals surface area contributed by atoms with Crippen LogP contribution >= 0.6 is 0 Å². The lowest BCUT2D eigenvalue weighted by atomic mass is 9.77. The molecule has 36 heavy (non-hydrogen) atoms. The largest absolute Gasteiger partial charge is 0.452 e. The van der Waals surface area contributed by atoms with Gasteiger partial charge in [-0.15, -0.1) is 0 Å². The summed E-state index contributed by atoms with van der Waals surface area (Å²) in [4.78, 5) is 25.6. The number of hydrogen-bond donors (Lipinski definition) is 0. The molecule has 7 heteroatoms. The first-order valence-corrected chi connectivity index (χ1v) is 11.9. The number of nitrogens with zero attached hydrogens (tertiary/aromatic N) is 2. The molecular weight excluding hydrogens is 462 g/mol. The van der Waals surface area contributed by atoms with E-state index in [9.17, 15) is 18.4 Å². The van der Waals surface area contributed by atoms with Gasteiger partial charge in [0.05, 0.1) is 11.8 Å². The van der Waals surface area contributed by atoms with Crippen molar-refractivity contribution in [3.63, 3.8) is 0 Å². The zero-order valence-electron chi connectivity index (χ0n) is 19.4. The topological polar surface area (TPSA) is 59.0 Å². The molecule has 1 fully saturated rings. The Kier molecular flexibility index (Phi) is 6.71. The number of rotatable bonds is 5. The van der Waals surface area contributed by atoms with Crippen LogP contribution in [0.2, 0.25) is 0 Å². The van der Waals surface area contributed by atoms with E-state index in [4.69, 9.17) is 9.84 Å². The van der Waals surface area contributed by atoms with Crippen molar-refractivity contribution in [3.8, 4) is 0 Å². The van der Waals surface area contributed by atoms with Gasteiger partial charge in [-0.2, -0.15) is 5.10 Å². The molecular formula is C29H24F2N2O3. The van der Waals surface area contributed by atoms with Crippen molar-refractivity contribution in [2.75, 3.05) is 6.61 Å². The summed E-state index contributed by atoms with van der Waals surface area (Å²) in [6.07, 6.45) is 4.75. The summed E-state index contributed by atoms with van der Waals surface area (Å²) in [5.41, 5.74) is 3.07. The molecule has 2 unspecified atom stereocenters. The SMILES string of the molecule is O=C(OCC(=O)N1N=C2C(=Cc3ccccc3)CCCC2C1c1ccccc1)c1c(F)cccc1F. The summed E-state index contributed by atoms with van der Waals surface area (Å²) in [6.45, 7) is -0.683. The molecule has 1 amide bonds. The van der Waals surface area contributed by atoms with Gasteiger partial charge in [0.15, 0.2) is 6.61 Å². The second-order valence-corrected chi connectivity index (χ2v) is 8.83. The lowest BCUT2D eigenvalue weighted by Gasteiger charge is -2.29. The van der Waals surface area contributed by atoms with Crippen LogP contribution in [0, 0.1) is 17.6 Å². The minimum atomic E-state index is -1.23. The van der Waals surface area contributed by atoms with Gasteiger partial charge in [-0.1, -0.05) is 66.7 Å². The fourth-order valence-corrected chi connectivity index (χ4v) is 4.90. The third kappa shape index (κ3) is 4.69. The van der Waals surface area contributed by atoms with E-state index in [1.165, 1.54) is 5.01 Å². The molecule has 0 N–H and O–H groups in total. The van der Waals surface area contributed by atoms with Crippen LogP contribution in [0.15, 0.2) is 89.5 Å². The first-order valence-electron chi connectivity index (χ1n) is 11.9. The van der Waals surface area contributed by atoms with Gasteiger partial charge in [0.2, 0.25) is 0 Å². The Morgan fingerprint density at radius 2 is 1.61 bits per heavy atom. The maximum atomic E-state index is 14.0. The maximum Gasteiger partial charge on any atom is 0.344 e. The number of allylic oxidation sites excluding steroid dienone is 1. The number of carbonyl (C=O) groups excluding carboxylic acids is 2. The maximum absolute atomic E-state index is 14.0. The summed E-state index contributed by atoms with van der Waals surface area (Å²) in [5, 5.41) is 6.09. The van der Waals surface area contributed by atoms with Gasteiger partial charge in [-0.3, -0.25) is 4.79 Å². The quantitative estimate of drug-likeness (QED) is 0.419. The standard InChI is InChI=1S/C29H24F2N2O3/c30-23-15-8-16-24(31)26(23)29(35)36-18-25(34)33-28(20-11-5-2-6-12-20)22-14-7-13-21(27(22)32-33)17-19-9-3-1-4-10-19/h1-6,8-12,15-17,22,28H,7,13-14,18H2. The highest BCUT2D eigenvalue weighted by Gasteiger charge is 2.43. The first kappa shape index (κ1) is 23.6. The van der Waals surface area contributed by atoms with Crippen LogP contribution in [0.3, 0.4) is 0 Å². The Bertz CT molecular complexity index is 1320. The summed E-state index contributed by atoms with van der Waals surface area (Å²) in [5.74, 6) is -3.89. The van der Waals surface area contributed by atoms with Gasteiger partial charge in [0, 0.05) is 5.92 Å². The van der Waals surface area contributed by atoms with E-state index < -0.39 is 35.7 Å². The molecule has 1 aliphatic carbocycles. The molecule has 1 saturated carbocycles. The van der Waals surface area contributed by atoms with Gasteiger partial charge >= 0.3 is 5.97 Å². The van der Waals surface area contributed by atoms with Gasteiger partial charge in [-0.05, 0) is 54.2 Å². The van der Waals surface area contributed by atoms with Gasteiger partial charge in [0.1, 0.15) is 17.2 Å². The number of fused-ring (bicyclic) bond motifs is 1. The molecule has 2 atom stereocenters. The van der Waals surface area contributed by atoms with Crippen molar-refractivity contribution in [2.24, 2.45) is 11.0 Å². The fraction of sp³-hybridized carbons (Fsp3) is 0.207. The highest BCUT2D eigenvalue weighted by molar-refractivity contribution is 6.08. The van der Waals surface area contributed by atoms with E-state index in [0.717, 1.165) is 59.9 Å². The predicted molar refractivity (Wildman–Crippen MR) is 132 cm³/mol. The van der Waals surface area contributed by atoms with Crippen molar-refractivity contribution in [1.82, 2.24) is 5.01 Å². The average Bonchev–Trinajstić information content (AvgIpc) is 3.29. The third-order valence-corrected chi connectivity index (χ3v) is 6.53. The summed E-state index contributed by atoms with van der Waals surface area (Å²) in [6, 6.07) is 22.2. The predicted octanol–water partition coefficient (Wildman–Crippen LogP) is 5.94. The first-order chi connectivity index (χ1) is 17.5. The van der Waals surface area contributed by atoms with Crippen molar-refractivity contribution >= 4 is 23.7 Å². The summed E-state index contributed by atoms with van der Waals surface area (Å²) < 4.78 is 33.0.